The van der Waals surface area contributed by atoms with Crippen LogP contribution in [0.5, 0.6) is 11.5 Å². The van der Waals surface area contributed by atoms with Gasteiger partial charge in [-0.25, -0.2) is 22.0 Å². The van der Waals surface area contributed by atoms with Crippen molar-refractivity contribution in [3.8, 4) is 11.5 Å². The Morgan fingerprint density at radius 3 is 1.44 bits per heavy atom. The van der Waals surface area contributed by atoms with Crippen LogP contribution in [-0.4, -0.2) is 56.3 Å². The first-order chi connectivity index (χ1) is 27.9. The van der Waals surface area contributed by atoms with Gasteiger partial charge in [0.15, 0.2) is 46.0 Å². The number of ether oxygens (including phenoxy) is 2. The number of alkyl halides is 6. The molecule has 61 heavy (non-hydrogen) atoms. The van der Waals surface area contributed by atoms with E-state index in [0.717, 1.165) is 45.0 Å². The maximum atomic E-state index is 14.0. The van der Waals surface area contributed by atoms with Crippen LogP contribution in [0, 0.1) is 62.1 Å². The lowest BCUT2D eigenvalue weighted by molar-refractivity contribution is -0.388. The van der Waals surface area contributed by atoms with Crippen LogP contribution in [0.25, 0.3) is 0 Å². The summed E-state index contributed by atoms with van der Waals surface area (Å²) >= 11 is 0. The van der Waals surface area contributed by atoms with Gasteiger partial charge in [0.2, 0.25) is 5.82 Å². The number of nitro groups is 2. The number of hydrogen-bond acceptors (Lipinski definition) is 10. The summed E-state index contributed by atoms with van der Waals surface area (Å²) < 4.78 is 168. The van der Waals surface area contributed by atoms with Crippen LogP contribution in [0.3, 0.4) is 0 Å². The molecule has 0 saturated heterocycles. The second-order valence-electron chi connectivity index (χ2n) is 12.8. The molecule has 0 aliphatic heterocycles. The Morgan fingerprint density at radius 2 is 1.05 bits per heavy atom. The van der Waals surface area contributed by atoms with Crippen molar-refractivity contribution in [2.24, 2.45) is 0 Å². The number of nitro benzene ring substituents is 2. The Balaban J connectivity index is 0.000000327. The molecule has 0 saturated carbocycles. The zero-order chi connectivity index (χ0) is 46.6. The molecule has 0 aliphatic carbocycles. The smallest absolute Gasteiger partial charge is 0.423 e. The Morgan fingerprint density at radius 1 is 0.623 bits per heavy atom. The molecule has 4 rings (SSSR count). The molecule has 0 bridgehead atoms. The molecule has 0 radical (unpaired) electrons. The lowest BCUT2D eigenvalue weighted by atomic mass is 10.1. The van der Waals surface area contributed by atoms with E-state index in [1.54, 1.807) is 0 Å². The number of carbonyl (C=O) groups is 2. The first-order valence-corrected chi connectivity index (χ1v) is 16.2. The van der Waals surface area contributed by atoms with Crippen LogP contribution in [0.1, 0.15) is 30.5 Å². The summed E-state index contributed by atoms with van der Waals surface area (Å²) in [7, 11) is 0. The molecule has 0 fully saturated rings. The summed E-state index contributed by atoms with van der Waals surface area (Å²) in [5.41, 5.74) is -12.7. The minimum Gasteiger partial charge on any atom is -0.490 e. The van der Waals surface area contributed by atoms with Crippen molar-refractivity contribution in [2.45, 2.75) is 44.3 Å². The van der Waals surface area contributed by atoms with Crippen LogP contribution >= 0.6 is 0 Å². The fourth-order valence-electron chi connectivity index (χ4n) is 4.52. The zero-order valence-electron chi connectivity index (χ0n) is 30.7. The van der Waals surface area contributed by atoms with Gasteiger partial charge >= 0.3 is 12.4 Å². The molecule has 4 aromatic carbocycles. The highest BCUT2D eigenvalue weighted by atomic mass is 19.4. The number of halogens is 12. The predicted octanol–water partition coefficient (Wildman–Crippen LogP) is 7.91. The van der Waals surface area contributed by atoms with Crippen LogP contribution in [0.15, 0.2) is 54.6 Å². The maximum Gasteiger partial charge on any atom is 0.423 e. The Bertz CT molecular complexity index is 2330. The summed E-state index contributed by atoms with van der Waals surface area (Å²) in [5, 5.41) is 45.7. The minimum atomic E-state index is -5.14. The summed E-state index contributed by atoms with van der Waals surface area (Å²) in [4.78, 5) is 43.4. The van der Waals surface area contributed by atoms with E-state index >= 15 is 0 Å². The average Bonchev–Trinajstić information content (AvgIpc) is 3.16. The number of aliphatic hydroxyl groups is 2. The molecule has 26 heteroatoms. The molecular formula is C35H26F12N4O10. The number of nitrogens with zero attached hydrogens (tertiary/aromatic N) is 2. The molecule has 4 N–H and O–H groups in total. The highest BCUT2D eigenvalue weighted by Gasteiger charge is 2.41. The van der Waals surface area contributed by atoms with Gasteiger partial charge in [-0.05, 0) is 57.2 Å². The van der Waals surface area contributed by atoms with Gasteiger partial charge in [-0.3, -0.25) is 29.8 Å². The van der Waals surface area contributed by atoms with Crippen molar-refractivity contribution in [3.63, 3.8) is 0 Å². The first-order valence-electron chi connectivity index (χ1n) is 16.2. The standard InChI is InChI=1S/C18H13F7N2O5.C17H13F5N2O5/c1-7-11(19)13(21)14(22)15(12(7)20)32-6-17(2,29)16(28)26-8-3-4-10(27(30)31)9(5-8)18(23,24)25;1-16(26,8-29-10-3-4-12(18)13(19)7-10)15(25)23-9-2-5-14(24(27)28)11(6-9)17(20,21)22/h3-5,29H,6H2,1-2H3,(H,26,28);2-7,26H,8H2,1H3,(H,23,25)/t17-;16-/m00/s1. The molecule has 0 unspecified atom stereocenters. The van der Waals surface area contributed by atoms with Crippen LogP contribution < -0.4 is 20.1 Å². The molecule has 0 spiro atoms. The predicted molar refractivity (Wildman–Crippen MR) is 183 cm³/mol. The number of benzene rings is 4. The van der Waals surface area contributed by atoms with Crippen LogP contribution in [-0.2, 0) is 21.9 Å². The van der Waals surface area contributed by atoms with E-state index in [1.165, 1.54) is 0 Å². The first kappa shape index (κ1) is 48.7. The average molecular weight is 891 g/mol. The van der Waals surface area contributed by atoms with Crippen LogP contribution in [0.4, 0.5) is 75.4 Å². The van der Waals surface area contributed by atoms with Crippen molar-refractivity contribution >= 4 is 34.6 Å². The normalized spacial score (nSPS) is 13.5. The van der Waals surface area contributed by atoms with Gasteiger partial charge < -0.3 is 30.3 Å². The van der Waals surface area contributed by atoms with E-state index in [9.17, 15) is 92.7 Å². The van der Waals surface area contributed by atoms with Gasteiger partial charge in [0.05, 0.1) is 9.85 Å². The SMILES string of the molecule is C[C@](O)(COc1ccc(F)c(F)c1)C(=O)Nc1ccc([N+](=O)[O-])c(C(F)(F)F)c1.Cc1c(F)c(F)c(F)c(OC[C@](C)(O)C(=O)Nc2ccc([N+](=O)[O-])c(C(F)(F)F)c2)c1F. The fourth-order valence-corrected chi connectivity index (χ4v) is 4.52. The second-order valence-corrected chi connectivity index (χ2v) is 12.8. The summed E-state index contributed by atoms with van der Waals surface area (Å²) in [6.45, 7) is 0.524. The minimum absolute atomic E-state index is 0.202. The molecule has 2 atom stereocenters. The van der Waals surface area contributed by atoms with E-state index in [-0.39, 0.29) is 11.8 Å². The topological polar surface area (TPSA) is 203 Å². The van der Waals surface area contributed by atoms with E-state index in [0.29, 0.717) is 24.3 Å². The summed E-state index contributed by atoms with van der Waals surface area (Å²) in [6.07, 6.45) is -10.2. The quantitative estimate of drug-likeness (QED) is 0.0356. The van der Waals surface area contributed by atoms with Crippen molar-refractivity contribution in [1.29, 1.82) is 0 Å². The third-order valence-corrected chi connectivity index (χ3v) is 7.84. The van der Waals surface area contributed by atoms with Gasteiger partial charge in [0.1, 0.15) is 30.1 Å². The zero-order valence-corrected chi connectivity index (χ0v) is 30.7. The Hall–Kier alpha value is -6.70. The summed E-state index contributed by atoms with van der Waals surface area (Å²) in [6, 6.07) is 5.71. The molecule has 14 nitrogen and oxygen atoms in total. The van der Waals surface area contributed by atoms with E-state index < -0.39 is 139 Å². The highest BCUT2D eigenvalue weighted by molar-refractivity contribution is 5.97. The van der Waals surface area contributed by atoms with Gasteiger partial charge in [-0.2, -0.15) is 30.7 Å². The second kappa shape index (κ2) is 18.3. The summed E-state index contributed by atoms with van der Waals surface area (Å²) in [5.74, 6) is -14.2. The van der Waals surface area contributed by atoms with Crippen molar-refractivity contribution in [3.05, 3.63) is 126 Å². The van der Waals surface area contributed by atoms with Crippen molar-refractivity contribution in [1.82, 2.24) is 0 Å². The molecule has 0 heterocycles. The number of rotatable bonds is 12. The van der Waals surface area contributed by atoms with Crippen LogP contribution in [0.2, 0.25) is 0 Å². The fraction of sp³-hybridized carbons (Fsp3) is 0.257. The number of amides is 2. The number of carbonyl (C=O) groups excluding carboxylic acids is 2. The highest BCUT2D eigenvalue weighted by Crippen LogP contribution is 2.39. The molecular weight excluding hydrogens is 864 g/mol. The number of nitrogens with one attached hydrogen (secondary N) is 2. The van der Waals surface area contributed by atoms with Crippen molar-refractivity contribution < 1.29 is 91.8 Å². The monoisotopic (exact) mass is 890 g/mol. The van der Waals surface area contributed by atoms with E-state index in [4.69, 9.17) is 4.74 Å². The maximum absolute atomic E-state index is 14.0. The number of anilines is 2. The molecule has 2 amide bonds. The molecule has 0 aliphatic rings. The Labute approximate surface area is 332 Å². The molecule has 0 aromatic heterocycles. The Kier molecular flexibility index (Phi) is 14.6. The molecule has 330 valence electrons. The van der Waals surface area contributed by atoms with E-state index in [1.807, 2.05) is 10.6 Å². The molecule has 4 aromatic rings. The lowest BCUT2D eigenvalue weighted by Gasteiger charge is -2.23. The van der Waals surface area contributed by atoms with Gasteiger partial charge in [0.25, 0.3) is 23.2 Å². The number of hydrogen-bond donors (Lipinski definition) is 4. The third kappa shape index (κ3) is 12.0. The van der Waals surface area contributed by atoms with Crippen molar-refractivity contribution in [2.75, 3.05) is 23.8 Å². The van der Waals surface area contributed by atoms with Gasteiger partial charge in [0, 0.05) is 35.1 Å². The lowest BCUT2D eigenvalue weighted by Crippen LogP contribution is -2.45. The third-order valence-electron chi connectivity index (χ3n) is 7.84. The largest absolute Gasteiger partial charge is 0.490 e. The van der Waals surface area contributed by atoms with Gasteiger partial charge in [-0.15, -0.1) is 0 Å². The van der Waals surface area contributed by atoms with E-state index in [2.05, 4.69) is 4.74 Å². The van der Waals surface area contributed by atoms with Gasteiger partial charge in [-0.1, -0.05) is 0 Å².